The first kappa shape index (κ1) is 43.8. The van der Waals surface area contributed by atoms with E-state index in [0.717, 1.165) is 87.9 Å². The minimum atomic E-state index is -4.28. The topological polar surface area (TPSA) is 126 Å². The monoisotopic (exact) mass is 857 g/mol. The highest BCUT2D eigenvalue weighted by Gasteiger charge is 2.43. The number of piperidine rings is 1. The summed E-state index contributed by atoms with van der Waals surface area (Å²) in [6.45, 7) is 17.1. The molecule has 5 heterocycles. The third kappa shape index (κ3) is 10.2. The molecule has 0 bridgehead atoms. The molecular weight excluding hydrogens is 803 g/mol. The van der Waals surface area contributed by atoms with Crippen LogP contribution >= 0.6 is 10.7 Å². The number of imidazole rings is 2. The number of hydrogen-bond donors (Lipinski definition) is 0. The van der Waals surface area contributed by atoms with Crippen LogP contribution in [-0.2, 0) is 52.5 Å². The maximum absolute atomic E-state index is 13.2. The molecule has 2 aromatic carbocycles. The second-order valence-corrected chi connectivity index (χ2v) is 22.2. The Labute approximate surface area is 338 Å². The Morgan fingerprint density at radius 3 is 1.46 bits per heavy atom. The molecule has 3 saturated heterocycles. The summed E-state index contributed by atoms with van der Waals surface area (Å²) in [5, 5.41) is 0. The van der Waals surface area contributed by atoms with Crippen molar-refractivity contribution < 1.29 is 39.5 Å². The summed E-state index contributed by atoms with van der Waals surface area (Å²) < 4.78 is 105. The van der Waals surface area contributed by atoms with Gasteiger partial charge in [-0.05, 0) is 86.8 Å². The van der Waals surface area contributed by atoms with E-state index in [1.54, 1.807) is 30.3 Å². The number of aromatic nitrogens is 4. The van der Waals surface area contributed by atoms with Gasteiger partial charge in [-0.1, -0.05) is 41.5 Å². The van der Waals surface area contributed by atoms with Crippen molar-refractivity contribution >= 4 is 51.8 Å². The maximum Gasteiger partial charge on any atom is 0.391 e. The van der Waals surface area contributed by atoms with Gasteiger partial charge in [-0.3, -0.25) is 0 Å². The average Bonchev–Trinajstić information content (AvgIpc) is 3.70. The Morgan fingerprint density at radius 2 is 1.07 bits per heavy atom. The average molecular weight is 858 g/mol. The largest absolute Gasteiger partial charge is 0.391 e. The third-order valence-electron chi connectivity index (χ3n) is 11.2. The number of sulfonamides is 1. The lowest BCUT2D eigenvalue weighted by atomic mass is 9.94. The van der Waals surface area contributed by atoms with Gasteiger partial charge in [0, 0.05) is 74.1 Å². The first-order valence-electron chi connectivity index (χ1n) is 19.7. The quantitative estimate of drug-likeness (QED) is 0.170. The molecule has 0 aliphatic carbocycles. The summed E-state index contributed by atoms with van der Waals surface area (Å²) in [5.41, 5.74) is 2.73. The third-order valence-corrected chi connectivity index (χ3v) is 14.4. The van der Waals surface area contributed by atoms with Crippen LogP contribution in [0.1, 0.15) is 91.7 Å². The molecule has 316 valence electrons. The van der Waals surface area contributed by atoms with E-state index in [1.165, 1.54) is 4.31 Å². The predicted octanol–water partition coefficient (Wildman–Crippen LogP) is 8.41. The van der Waals surface area contributed by atoms with Gasteiger partial charge in [-0.15, -0.1) is 0 Å². The Bertz CT molecular complexity index is 2260. The molecule has 7 rings (SSSR count). The number of hydrogen-bond acceptors (Lipinski definition) is 8. The SMILES string of the molecule is CC(C)(C)c1nc2cc(S(=O)(=O)Cl)ccc2n1CC1CCOCC1.CC(C)(C)c1nc2cc(S(=O)(=O)N3CCC(C(F)(F)F)CC3)ccc2n1CC1CCOCC1. The fourth-order valence-corrected chi connectivity index (χ4v) is 10.3. The van der Waals surface area contributed by atoms with Gasteiger partial charge in [0.15, 0.2) is 0 Å². The molecule has 57 heavy (non-hydrogen) atoms. The van der Waals surface area contributed by atoms with Crippen molar-refractivity contribution in [1.29, 1.82) is 0 Å². The van der Waals surface area contributed by atoms with E-state index in [2.05, 4.69) is 50.7 Å². The van der Waals surface area contributed by atoms with Crippen molar-refractivity contribution in [3.8, 4) is 0 Å². The van der Waals surface area contributed by atoms with Crippen LogP contribution in [0.3, 0.4) is 0 Å². The summed E-state index contributed by atoms with van der Waals surface area (Å²) in [5.74, 6) is 1.43. The Morgan fingerprint density at radius 1 is 0.667 bits per heavy atom. The summed E-state index contributed by atoms with van der Waals surface area (Å²) >= 11 is 0. The van der Waals surface area contributed by atoms with Gasteiger partial charge in [0.25, 0.3) is 9.05 Å². The van der Waals surface area contributed by atoms with E-state index < -0.39 is 31.2 Å². The zero-order valence-electron chi connectivity index (χ0n) is 33.6. The van der Waals surface area contributed by atoms with Crippen molar-refractivity contribution in [2.24, 2.45) is 17.8 Å². The fourth-order valence-electron chi connectivity index (χ4n) is 7.99. The van der Waals surface area contributed by atoms with Crippen LogP contribution < -0.4 is 0 Å². The Hall–Kier alpha value is -2.76. The molecule has 0 radical (unpaired) electrons. The number of nitrogens with zero attached hydrogens (tertiary/aromatic N) is 5. The molecular formula is C40H55ClF3N5O6S2. The first-order chi connectivity index (χ1) is 26.5. The lowest BCUT2D eigenvalue weighted by molar-refractivity contribution is -0.182. The van der Waals surface area contributed by atoms with Crippen LogP contribution in [0.2, 0.25) is 0 Å². The van der Waals surface area contributed by atoms with Crippen LogP contribution in [0.4, 0.5) is 13.2 Å². The highest BCUT2D eigenvalue weighted by Crippen LogP contribution is 2.37. The normalized spacial score (nSPS) is 19.3. The molecule has 0 spiro atoms. The molecule has 11 nitrogen and oxygen atoms in total. The Kier molecular flexibility index (Phi) is 12.8. The van der Waals surface area contributed by atoms with Crippen LogP contribution in [0, 0.1) is 17.8 Å². The van der Waals surface area contributed by atoms with E-state index >= 15 is 0 Å². The number of halogens is 4. The highest BCUT2D eigenvalue weighted by molar-refractivity contribution is 8.13. The number of benzene rings is 2. The zero-order chi connectivity index (χ0) is 41.6. The van der Waals surface area contributed by atoms with Gasteiger partial charge < -0.3 is 18.6 Å². The van der Waals surface area contributed by atoms with Crippen molar-refractivity contribution in [2.45, 2.75) is 120 Å². The molecule has 0 saturated carbocycles. The van der Waals surface area contributed by atoms with Crippen LogP contribution in [0.15, 0.2) is 46.2 Å². The van der Waals surface area contributed by atoms with Crippen LogP contribution in [-0.4, -0.2) is 85.9 Å². The predicted molar refractivity (Wildman–Crippen MR) is 215 cm³/mol. The molecule has 0 unspecified atom stereocenters. The van der Waals surface area contributed by atoms with E-state index in [-0.39, 0.29) is 46.6 Å². The van der Waals surface area contributed by atoms with Gasteiger partial charge in [-0.2, -0.15) is 17.5 Å². The summed E-state index contributed by atoms with van der Waals surface area (Å²) in [4.78, 5) is 9.72. The number of alkyl halides is 3. The fraction of sp³-hybridized carbons (Fsp3) is 0.650. The molecule has 3 aliphatic rings. The molecule has 0 amide bonds. The van der Waals surface area contributed by atoms with Gasteiger partial charge in [0.1, 0.15) is 11.6 Å². The maximum atomic E-state index is 13.2. The second-order valence-electron chi connectivity index (χ2n) is 17.7. The van der Waals surface area contributed by atoms with Gasteiger partial charge >= 0.3 is 6.18 Å². The standard InChI is InChI=1S/C23H32F3N3O3S.C17H23ClN2O3S/c1-22(2,3)21-27-19-14-18(4-5-20(19)29(21)15-16-8-12-32-13-9-16)33(30,31)28-10-6-17(7-11-28)23(24,25)26;1-17(2,3)16-19-14-10-13(24(18,21)22)4-5-15(14)20(16)11-12-6-8-23-9-7-12/h4-5,14,16-17H,6-13,15H2,1-3H3;4-5,10,12H,6-9,11H2,1-3H3. The Balaban J connectivity index is 0.000000203. The van der Waals surface area contributed by atoms with Gasteiger partial charge in [-0.25, -0.2) is 26.8 Å². The van der Waals surface area contributed by atoms with Gasteiger partial charge in [0.05, 0.1) is 37.8 Å². The van der Waals surface area contributed by atoms with Gasteiger partial charge in [0.2, 0.25) is 10.0 Å². The van der Waals surface area contributed by atoms with E-state index in [1.807, 2.05) is 6.07 Å². The van der Waals surface area contributed by atoms with E-state index in [0.29, 0.717) is 22.9 Å². The van der Waals surface area contributed by atoms with Crippen molar-refractivity contribution in [3.05, 3.63) is 48.0 Å². The summed E-state index contributed by atoms with van der Waals surface area (Å²) in [6.07, 6.45) is -0.671. The second kappa shape index (κ2) is 16.7. The smallest absolute Gasteiger partial charge is 0.381 e. The highest BCUT2D eigenvalue weighted by atomic mass is 35.7. The summed E-state index contributed by atoms with van der Waals surface area (Å²) in [7, 11) is -2.17. The number of rotatable bonds is 7. The minimum Gasteiger partial charge on any atom is -0.381 e. The molecule has 3 fully saturated rings. The minimum absolute atomic E-state index is 0.0802. The van der Waals surface area contributed by atoms with Crippen molar-refractivity contribution in [1.82, 2.24) is 23.4 Å². The molecule has 3 aliphatic heterocycles. The zero-order valence-corrected chi connectivity index (χ0v) is 36.0. The lowest BCUT2D eigenvalue weighted by Crippen LogP contribution is -2.42. The van der Waals surface area contributed by atoms with E-state index in [4.69, 9.17) is 30.1 Å². The first-order valence-corrected chi connectivity index (χ1v) is 23.5. The summed E-state index contributed by atoms with van der Waals surface area (Å²) in [6, 6.07) is 9.84. The number of ether oxygens (including phenoxy) is 2. The van der Waals surface area contributed by atoms with Crippen LogP contribution in [0.5, 0.6) is 0 Å². The molecule has 4 aromatic rings. The molecule has 0 N–H and O–H groups in total. The molecule has 2 aromatic heterocycles. The number of fused-ring (bicyclic) bond motifs is 2. The van der Waals surface area contributed by atoms with E-state index in [9.17, 15) is 30.0 Å². The molecule has 0 atom stereocenters. The van der Waals surface area contributed by atoms with Crippen molar-refractivity contribution in [2.75, 3.05) is 39.5 Å². The lowest BCUT2D eigenvalue weighted by Gasteiger charge is -2.32. The van der Waals surface area contributed by atoms with Crippen molar-refractivity contribution in [3.63, 3.8) is 0 Å². The van der Waals surface area contributed by atoms with Crippen LogP contribution in [0.25, 0.3) is 22.1 Å². The molecule has 17 heteroatoms.